The maximum atomic E-state index is 12.6. The molecule has 82 valence electrons. The van der Waals surface area contributed by atoms with Crippen molar-refractivity contribution in [1.82, 2.24) is 4.98 Å². The zero-order valence-corrected chi connectivity index (χ0v) is 8.96. The van der Waals surface area contributed by atoms with Gasteiger partial charge in [0.25, 0.3) is 6.43 Å². The fraction of sp³-hybridized carbons (Fsp3) is 0.250. The van der Waals surface area contributed by atoms with Crippen LogP contribution in [0.1, 0.15) is 27.9 Å². The van der Waals surface area contributed by atoms with Crippen molar-refractivity contribution in [3.05, 3.63) is 27.5 Å². The number of rotatable bonds is 3. The van der Waals surface area contributed by atoms with Gasteiger partial charge in [-0.05, 0) is 21.5 Å². The summed E-state index contributed by atoms with van der Waals surface area (Å²) in [6.45, 7) is -0.180. The minimum atomic E-state index is -2.89. The van der Waals surface area contributed by atoms with Crippen LogP contribution >= 0.6 is 15.9 Å². The first-order valence-electron chi connectivity index (χ1n) is 3.87. The monoisotopic (exact) mass is 280 g/mol. The van der Waals surface area contributed by atoms with E-state index in [1.807, 2.05) is 0 Å². The smallest absolute Gasteiger partial charge is 0.338 e. The average Bonchev–Trinajstić information content (AvgIpc) is 2.16. The zero-order chi connectivity index (χ0) is 11.6. The standard InChI is InChI=1S/C8H7BrF2N2O2/c9-6-5(8(14)15)4(7(10)11)3(1-12)2-13-6/h2,7H,1,12H2,(H,14,15). The summed E-state index contributed by atoms with van der Waals surface area (Å²) < 4.78 is 25.2. The van der Waals surface area contributed by atoms with Crippen molar-refractivity contribution in [1.29, 1.82) is 0 Å². The number of carbonyl (C=O) groups is 1. The molecule has 0 fully saturated rings. The van der Waals surface area contributed by atoms with Crippen LogP contribution in [-0.4, -0.2) is 16.1 Å². The molecule has 1 aromatic heterocycles. The Bertz CT molecular complexity index is 398. The highest BCUT2D eigenvalue weighted by atomic mass is 79.9. The molecule has 3 N–H and O–H groups in total. The third-order valence-corrected chi connectivity index (χ3v) is 2.41. The molecule has 0 atom stereocenters. The van der Waals surface area contributed by atoms with Crippen LogP contribution in [0.4, 0.5) is 8.78 Å². The molecule has 0 aliphatic carbocycles. The van der Waals surface area contributed by atoms with E-state index in [-0.39, 0.29) is 16.7 Å². The van der Waals surface area contributed by atoms with Gasteiger partial charge in [-0.2, -0.15) is 0 Å². The molecule has 1 rings (SSSR count). The fourth-order valence-corrected chi connectivity index (χ4v) is 1.64. The Balaban J connectivity index is 3.51. The number of hydrogen-bond acceptors (Lipinski definition) is 3. The summed E-state index contributed by atoms with van der Waals surface area (Å²) >= 11 is 2.81. The van der Waals surface area contributed by atoms with Gasteiger partial charge in [-0.1, -0.05) is 0 Å². The predicted molar refractivity (Wildman–Crippen MR) is 51.7 cm³/mol. The van der Waals surface area contributed by atoms with Crippen molar-refractivity contribution in [2.45, 2.75) is 13.0 Å². The Labute approximate surface area is 92.2 Å². The minimum Gasteiger partial charge on any atom is -0.478 e. The van der Waals surface area contributed by atoms with E-state index in [2.05, 4.69) is 20.9 Å². The molecule has 4 nitrogen and oxygen atoms in total. The number of aromatic nitrogens is 1. The van der Waals surface area contributed by atoms with Crippen molar-refractivity contribution in [3.63, 3.8) is 0 Å². The van der Waals surface area contributed by atoms with E-state index in [1.54, 1.807) is 0 Å². The highest BCUT2D eigenvalue weighted by molar-refractivity contribution is 9.10. The van der Waals surface area contributed by atoms with E-state index < -0.39 is 23.5 Å². The first kappa shape index (κ1) is 12.0. The summed E-state index contributed by atoms with van der Waals surface area (Å²) in [5.74, 6) is -1.46. The third kappa shape index (κ3) is 2.29. The van der Waals surface area contributed by atoms with E-state index in [0.717, 1.165) is 6.20 Å². The molecule has 0 saturated carbocycles. The molecule has 0 radical (unpaired) electrons. The number of alkyl halides is 2. The number of aromatic carboxylic acids is 1. The lowest BCUT2D eigenvalue weighted by molar-refractivity contribution is 0.0682. The van der Waals surface area contributed by atoms with Crippen molar-refractivity contribution < 1.29 is 18.7 Å². The second-order valence-corrected chi connectivity index (χ2v) is 3.42. The number of hydrogen-bond donors (Lipinski definition) is 2. The van der Waals surface area contributed by atoms with Crippen LogP contribution in [0.2, 0.25) is 0 Å². The number of halogens is 3. The van der Waals surface area contributed by atoms with Crippen LogP contribution in [0, 0.1) is 0 Å². The molecule has 1 aromatic rings. The van der Waals surface area contributed by atoms with Gasteiger partial charge >= 0.3 is 5.97 Å². The van der Waals surface area contributed by atoms with Gasteiger partial charge in [0, 0.05) is 18.3 Å². The van der Waals surface area contributed by atoms with Crippen LogP contribution in [0.15, 0.2) is 10.8 Å². The van der Waals surface area contributed by atoms with E-state index in [1.165, 1.54) is 0 Å². The maximum Gasteiger partial charge on any atom is 0.338 e. The van der Waals surface area contributed by atoms with E-state index >= 15 is 0 Å². The Morgan fingerprint density at radius 1 is 1.67 bits per heavy atom. The minimum absolute atomic E-state index is 0.0330. The number of pyridine rings is 1. The summed E-state index contributed by atoms with van der Waals surface area (Å²) in [5, 5.41) is 8.77. The molecule has 0 aliphatic heterocycles. The zero-order valence-electron chi connectivity index (χ0n) is 7.38. The molecule has 0 bridgehead atoms. The Kier molecular flexibility index (Phi) is 3.70. The number of nitrogens with zero attached hydrogens (tertiary/aromatic N) is 1. The summed E-state index contributed by atoms with van der Waals surface area (Å²) in [4.78, 5) is 14.4. The molecule has 0 spiro atoms. The first-order chi connectivity index (χ1) is 6.99. The SMILES string of the molecule is NCc1cnc(Br)c(C(=O)O)c1C(F)F. The van der Waals surface area contributed by atoms with Gasteiger partial charge in [-0.15, -0.1) is 0 Å². The van der Waals surface area contributed by atoms with Crippen molar-refractivity contribution in [3.8, 4) is 0 Å². The lowest BCUT2D eigenvalue weighted by atomic mass is 10.1. The summed E-state index contributed by atoms with van der Waals surface area (Å²) in [6, 6.07) is 0. The molecule has 0 aromatic carbocycles. The van der Waals surface area contributed by atoms with E-state index in [9.17, 15) is 13.6 Å². The molecule has 0 aliphatic rings. The van der Waals surface area contributed by atoms with E-state index in [4.69, 9.17) is 10.8 Å². The quantitative estimate of drug-likeness (QED) is 0.830. The molecular formula is C8H7BrF2N2O2. The summed E-state index contributed by atoms with van der Waals surface area (Å²) in [5.41, 5.74) is 4.15. The molecule has 0 amide bonds. The van der Waals surface area contributed by atoms with Crippen LogP contribution in [0.25, 0.3) is 0 Å². The Morgan fingerprint density at radius 2 is 2.27 bits per heavy atom. The number of carboxylic acids is 1. The van der Waals surface area contributed by atoms with Gasteiger partial charge in [0.15, 0.2) is 0 Å². The van der Waals surface area contributed by atoms with Gasteiger partial charge in [-0.3, -0.25) is 0 Å². The van der Waals surface area contributed by atoms with Crippen molar-refractivity contribution >= 4 is 21.9 Å². The highest BCUT2D eigenvalue weighted by Gasteiger charge is 2.24. The predicted octanol–water partition coefficient (Wildman–Crippen LogP) is 1.94. The van der Waals surface area contributed by atoms with Gasteiger partial charge in [0.05, 0.1) is 0 Å². The van der Waals surface area contributed by atoms with Crippen LogP contribution in [-0.2, 0) is 6.54 Å². The largest absolute Gasteiger partial charge is 0.478 e. The first-order valence-corrected chi connectivity index (χ1v) is 4.67. The van der Waals surface area contributed by atoms with Crippen LogP contribution < -0.4 is 5.73 Å². The summed E-state index contributed by atoms with van der Waals surface area (Å²) in [6.07, 6.45) is -1.76. The molecule has 7 heteroatoms. The lowest BCUT2D eigenvalue weighted by Gasteiger charge is -2.10. The topological polar surface area (TPSA) is 76.2 Å². The van der Waals surface area contributed by atoms with Crippen molar-refractivity contribution in [2.24, 2.45) is 5.73 Å². The second kappa shape index (κ2) is 4.63. The number of carboxylic acid groups (broad SMARTS) is 1. The molecular weight excluding hydrogens is 274 g/mol. The molecule has 1 heterocycles. The van der Waals surface area contributed by atoms with Crippen LogP contribution in [0.3, 0.4) is 0 Å². The summed E-state index contributed by atoms with van der Waals surface area (Å²) in [7, 11) is 0. The number of nitrogens with two attached hydrogens (primary N) is 1. The normalized spacial score (nSPS) is 10.7. The Hall–Kier alpha value is -1.08. The molecule has 0 saturated heterocycles. The third-order valence-electron chi connectivity index (χ3n) is 1.81. The fourth-order valence-electron chi connectivity index (χ4n) is 1.16. The van der Waals surface area contributed by atoms with E-state index in [0.29, 0.717) is 0 Å². The van der Waals surface area contributed by atoms with Crippen LogP contribution in [0.5, 0.6) is 0 Å². The highest BCUT2D eigenvalue weighted by Crippen LogP contribution is 2.30. The van der Waals surface area contributed by atoms with Gasteiger partial charge in [0.1, 0.15) is 10.2 Å². The second-order valence-electron chi connectivity index (χ2n) is 2.67. The van der Waals surface area contributed by atoms with Gasteiger partial charge < -0.3 is 10.8 Å². The van der Waals surface area contributed by atoms with Gasteiger partial charge in [-0.25, -0.2) is 18.6 Å². The lowest BCUT2D eigenvalue weighted by Crippen LogP contribution is -2.11. The van der Waals surface area contributed by atoms with Crippen molar-refractivity contribution in [2.75, 3.05) is 0 Å². The molecule has 15 heavy (non-hydrogen) atoms. The molecule has 0 unspecified atom stereocenters. The average molecular weight is 281 g/mol. The Morgan fingerprint density at radius 3 is 2.67 bits per heavy atom. The maximum absolute atomic E-state index is 12.6. The van der Waals surface area contributed by atoms with Gasteiger partial charge in [0.2, 0.25) is 0 Å².